The molecule has 1 spiro atoms. The first-order valence-corrected chi connectivity index (χ1v) is 5.84. The Morgan fingerprint density at radius 3 is 2.53 bits per heavy atom. The Labute approximate surface area is 99.2 Å². The Bertz CT molecular complexity index is 346. The second kappa shape index (κ2) is 3.87. The molecule has 2 aliphatic rings. The fourth-order valence-corrected chi connectivity index (χ4v) is 2.79. The molecule has 1 atom stereocenters. The molecule has 0 aromatic rings. The largest absolute Gasteiger partial charge is 0.480 e. The van der Waals surface area contributed by atoms with Crippen LogP contribution in [0, 0.1) is 0 Å². The van der Waals surface area contributed by atoms with E-state index in [9.17, 15) is 14.7 Å². The van der Waals surface area contributed by atoms with Crippen molar-refractivity contribution in [3.63, 3.8) is 0 Å². The molecule has 2 rings (SSSR count). The van der Waals surface area contributed by atoms with Gasteiger partial charge in [-0.1, -0.05) is 6.42 Å². The van der Waals surface area contributed by atoms with Crippen molar-refractivity contribution in [1.82, 2.24) is 4.90 Å². The minimum atomic E-state index is -1.54. The Balaban J connectivity index is 2.27. The number of aliphatic hydroxyl groups is 1. The van der Waals surface area contributed by atoms with E-state index in [1.54, 1.807) is 0 Å². The lowest BCUT2D eigenvalue weighted by molar-refractivity contribution is -0.166. The van der Waals surface area contributed by atoms with Gasteiger partial charge in [-0.15, -0.1) is 0 Å². The summed E-state index contributed by atoms with van der Waals surface area (Å²) in [7, 11) is 0. The van der Waals surface area contributed by atoms with Gasteiger partial charge in [-0.3, -0.25) is 9.69 Å². The van der Waals surface area contributed by atoms with Crippen LogP contribution >= 0.6 is 0 Å². The number of carboxylic acid groups (broad SMARTS) is 1. The molecule has 1 aliphatic heterocycles. The smallest absolute Gasteiger partial charge is 0.413 e. The number of hydrogen-bond acceptors (Lipinski definition) is 4. The fraction of sp³-hybridized carbons (Fsp3) is 0.818. The average molecular weight is 243 g/mol. The highest BCUT2D eigenvalue weighted by molar-refractivity contribution is 5.79. The molecule has 1 saturated carbocycles. The minimum absolute atomic E-state index is 0.534. The zero-order valence-corrected chi connectivity index (χ0v) is 9.81. The lowest BCUT2D eigenvalue weighted by Crippen LogP contribution is -2.58. The molecule has 6 nitrogen and oxygen atoms in total. The summed E-state index contributed by atoms with van der Waals surface area (Å²) in [5, 5.41) is 19.2. The SMILES string of the molecule is C[C@]1(O)N(CC(=O)O)C(=O)OC12CCCCC2. The molecule has 1 heterocycles. The van der Waals surface area contributed by atoms with Crippen molar-refractivity contribution in [2.24, 2.45) is 0 Å². The summed E-state index contributed by atoms with van der Waals surface area (Å²) in [6.07, 6.45) is 3.24. The Morgan fingerprint density at radius 2 is 2.00 bits per heavy atom. The van der Waals surface area contributed by atoms with Crippen molar-refractivity contribution in [1.29, 1.82) is 0 Å². The summed E-state index contributed by atoms with van der Waals surface area (Å²) in [4.78, 5) is 23.3. The van der Waals surface area contributed by atoms with Crippen molar-refractivity contribution in [3.05, 3.63) is 0 Å². The van der Waals surface area contributed by atoms with Crippen LogP contribution in [0.5, 0.6) is 0 Å². The summed E-state index contributed by atoms with van der Waals surface area (Å²) in [6, 6.07) is 0. The Morgan fingerprint density at radius 1 is 1.41 bits per heavy atom. The van der Waals surface area contributed by atoms with E-state index in [1.807, 2.05) is 0 Å². The number of ether oxygens (including phenoxy) is 1. The van der Waals surface area contributed by atoms with Crippen molar-refractivity contribution in [3.8, 4) is 0 Å². The average Bonchev–Trinajstić information content (AvgIpc) is 2.41. The minimum Gasteiger partial charge on any atom is -0.480 e. The van der Waals surface area contributed by atoms with Gasteiger partial charge in [-0.2, -0.15) is 0 Å². The number of nitrogens with zero attached hydrogens (tertiary/aromatic N) is 1. The van der Waals surface area contributed by atoms with Crippen LogP contribution in [-0.4, -0.2) is 45.0 Å². The van der Waals surface area contributed by atoms with E-state index >= 15 is 0 Å². The van der Waals surface area contributed by atoms with Gasteiger partial charge in [0, 0.05) is 0 Å². The van der Waals surface area contributed by atoms with Crippen molar-refractivity contribution < 1.29 is 24.5 Å². The maximum atomic E-state index is 11.7. The third-order valence-corrected chi connectivity index (χ3v) is 3.85. The van der Waals surface area contributed by atoms with Gasteiger partial charge in [0.2, 0.25) is 0 Å². The second-order valence-corrected chi connectivity index (χ2v) is 4.92. The summed E-state index contributed by atoms with van der Waals surface area (Å²) >= 11 is 0. The standard InChI is InChI=1S/C11H17NO5/c1-10(16)11(5-3-2-4-6-11)17-9(15)12(10)7-8(13)14/h16H,2-7H2,1H3,(H,13,14)/t10-/m1/s1. The van der Waals surface area contributed by atoms with Crippen LogP contribution in [0.3, 0.4) is 0 Å². The number of carbonyl (C=O) groups excluding carboxylic acids is 1. The number of aliphatic carboxylic acids is 1. The van der Waals surface area contributed by atoms with E-state index in [-0.39, 0.29) is 0 Å². The van der Waals surface area contributed by atoms with Crippen LogP contribution in [0.4, 0.5) is 4.79 Å². The molecule has 1 amide bonds. The van der Waals surface area contributed by atoms with E-state index < -0.39 is 29.9 Å². The molecule has 1 saturated heterocycles. The third-order valence-electron chi connectivity index (χ3n) is 3.85. The van der Waals surface area contributed by atoms with Crippen molar-refractivity contribution in [2.75, 3.05) is 6.54 Å². The van der Waals surface area contributed by atoms with E-state index in [1.165, 1.54) is 6.92 Å². The number of rotatable bonds is 2. The maximum Gasteiger partial charge on any atom is 0.413 e. The number of carbonyl (C=O) groups is 2. The maximum absolute atomic E-state index is 11.7. The zero-order chi connectivity index (χ0) is 12.7. The van der Waals surface area contributed by atoms with E-state index in [2.05, 4.69) is 0 Å². The normalized spacial score (nSPS) is 31.6. The van der Waals surface area contributed by atoms with Gasteiger partial charge in [0.05, 0.1) is 0 Å². The summed E-state index contributed by atoms with van der Waals surface area (Å²) in [5.41, 5.74) is -2.47. The highest BCUT2D eigenvalue weighted by Gasteiger charge is 2.62. The lowest BCUT2D eigenvalue weighted by atomic mass is 9.77. The number of carboxylic acids is 1. The molecule has 0 unspecified atom stereocenters. The topological polar surface area (TPSA) is 87.1 Å². The summed E-state index contributed by atoms with van der Waals surface area (Å²) < 4.78 is 5.29. The first-order chi connectivity index (χ1) is 7.89. The molecular formula is C11H17NO5. The second-order valence-electron chi connectivity index (χ2n) is 4.92. The molecule has 17 heavy (non-hydrogen) atoms. The zero-order valence-electron chi connectivity index (χ0n) is 9.81. The molecule has 0 aromatic heterocycles. The van der Waals surface area contributed by atoms with Gasteiger partial charge >= 0.3 is 12.1 Å². The Kier molecular flexibility index (Phi) is 2.77. The monoisotopic (exact) mass is 243 g/mol. The van der Waals surface area contributed by atoms with Crippen LogP contribution in [0.25, 0.3) is 0 Å². The summed E-state index contributed by atoms with van der Waals surface area (Å²) in [5.74, 6) is -1.16. The predicted octanol–water partition coefficient (Wildman–Crippen LogP) is 0.935. The Hall–Kier alpha value is -1.30. The van der Waals surface area contributed by atoms with Crippen LogP contribution in [0.15, 0.2) is 0 Å². The fourth-order valence-electron chi connectivity index (χ4n) is 2.79. The van der Waals surface area contributed by atoms with Crippen LogP contribution in [0.1, 0.15) is 39.0 Å². The van der Waals surface area contributed by atoms with E-state index in [0.717, 1.165) is 24.2 Å². The van der Waals surface area contributed by atoms with Gasteiger partial charge in [0.25, 0.3) is 0 Å². The van der Waals surface area contributed by atoms with Gasteiger partial charge < -0.3 is 14.9 Å². The van der Waals surface area contributed by atoms with Crippen LogP contribution in [0.2, 0.25) is 0 Å². The highest BCUT2D eigenvalue weighted by atomic mass is 16.6. The predicted molar refractivity (Wildman–Crippen MR) is 57.3 cm³/mol. The first kappa shape index (κ1) is 12.2. The van der Waals surface area contributed by atoms with E-state index in [4.69, 9.17) is 9.84 Å². The van der Waals surface area contributed by atoms with Crippen molar-refractivity contribution in [2.45, 2.75) is 50.4 Å². The van der Waals surface area contributed by atoms with Gasteiger partial charge in [-0.05, 0) is 32.6 Å². The van der Waals surface area contributed by atoms with Gasteiger partial charge in [-0.25, -0.2) is 4.79 Å². The van der Waals surface area contributed by atoms with Crippen molar-refractivity contribution >= 4 is 12.1 Å². The molecule has 0 aromatic carbocycles. The molecular weight excluding hydrogens is 226 g/mol. The van der Waals surface area contributed by atoms with Gasteiger partial charge in [0.15, 0.2) is 11.3 Å². The molecule has 0 radical (unpaired) electrons. The van der Waals surface area contributed by atoms with Crippen LogP contribution in [-0.2, 0) is 9.53 Å². The van der Waals surface area contributed by atoms with Crippen LogP contribution < -0.4 is 0 Å². The molecule has 0 bridgehead atoms. The van der Waals surface area contributed by atoms with E-state index in [0.29, 0.717) is 12.8 Å². The highest BCUT2D eigenvalue weighted by Crippen LogP contribution is 2.46. The lowest BCUT2D eigenvalue weighted by Gasteiger charge is -2.41. The molecule has 96 valence electrons. The molecule has 2 fully saturated rings. The quantitative estimate of drug-likeness (QED) is 0.753. The first-order valence-electron chi connectivity index (χ1n) is 5.84. The van der Waals surface area contributed by atoms with Gasteiger partial charge in [0.1, 0.15) is 6.54 Å². The molecule has 6 heteroatoms. The third kappa shape index (κ3) is 1.76. The molecule has 2 N–H and O–H groups in total. The number of amides is 1. The molecule has 1 aliphatic carbocycles. The number of hydrogen-bond donors (Lipinski definition) is 2. The summed E-state index contributed by atoms with van der Waals surface area (Å²) in [6.45, 7) is 0.930.